The van der Waals surface area contributed by atoms with E-state index in [0.29, 0.717) is 36.0 Å². The van der Waals surface area contributed by atoms with Crippen molar-refractivity contribution in [2.45, 2.75) is 20.3 Å². The number of hydrogen-bond acceptors (Lipinski definition) is 7. The molecule has 0 unspecified atom stereocenters. The quantitative estimate of drug-likeness (QED) is 0.569. The van der Waals surface area contributed by atoms with Gasteiger partial charge in [0.2, 0.25) is 11.9 Å². The molecule has 2 heterocycles. The zero-order chi connectivity index (χ0) is 23.4. The largest absolute Gasteiger partial charge is 0.324 e. The minimum atomic E-state index is -0.0981. The first kappa shape index (κ1) is 21.5. The van der Waals surface area contributed by atoms with Gasteiger partial charge in [-0.15, -0.1) is 0 Å². The second-order valence-electron chi connectivity index (χ2n) is 7.66. The lowest BCUT2D eigenvalue weighted by molar-refractivity contribution is -0.115. The summed E-state index contributed by atoms with van der Waals surface area (Å²) in [4.78, 5) is 23.4. The number of anilines is 5. The Labute approximate surface area is 191 Å². The number of amides is 1. The van der Waals surface area contributed by atoms with Crippen LogP contribution in [0.15, 0.2) is 48.7 Å². The van der Waals surface area contributed by atoms with Gasteiger partial charge in [0, 0.05) is 30.4 Å². The number of carbonyl (C=O) groups excluding carboxylic acids is 1. The standard InChI is InChI=1S/C25H21N7O/c1-16-12-19(4-3-10-26)13-17(2)23(16)32-11-9-22(33)30-21-15-28-25(31-24(21)32)29-20-7-5-18(14-27)6-8-20/h3-8,12-13,15H,9,11H2,1-2H3,(H,30,33)(H,28,29,31)/b4-3+. The Morgan fingerprint density at radius 3 is 2.55 bits per heavy atom. The molecular weight excluding hydrogens is 414 g/mol. The first-order chi connectivity index (χ1) is 16.0. The minimum absolute atomic E-state index is 0.0981. The predicted octanol–water partition coefficient (Wildman–Crippen LogP) is 4.73. The number of hydrogen-bond donors (Lipinski definition) is 2. The van der Waals surface area contributed by atoms with Gasteiger partial charge in [0.1, 0.15) is 5.69 Å². The number of carbonyl (C=O) groups is 1. The molecule has 8 heteroatoms. The van der Waals surface area contributed by atoms with Crippen LogP contribution in [0.2, 0.25) is 0 Å². The van der Waals surface area contributed by atoms with Crippen LogP contribution in [-0.4, -0.2) is 22.4 Å². The summed E-state index contributed by atoms with van der Waals surface area (Å²) in [6.07, 6.45) is 5.13. The number of nitrogens with zero attached hydrogens (tertiary/aromatic N) is 5. The van der Waals surface area contributed by atoms with Crippen LogP contribution in [-0.2, 0) is 4.79 Å². The van der Waals surface area contributed by atoms with Crippen molar-refractivity contribution >= 4 is 40.8 Å². The van der Waals surface area contributed by atoms with Crippen molar-refractivity contribution in [2.75, 3.05) is 22.1 Å². The van der Waals surface area contributed by atoms with E-state index in [0.717, 1.165) is 28.1 Å². The second-order valence-corrected chi connectivity index (χ2v) is 7.66. The molecule has 0 spiro atoms. The van der Waals surface area contributed by atoms with Crippen molar-refractivity contribution < 1.29 is 4.79 Å². The summed E-state index contributed by atoms with van der Waals surface area (Å²) in [5, 5.41) is 23.9. The minimum Gasteiger partial charge on any atom is -0.324 e. The maximum atomic E-state index is 12.3. The monoisotopic (exact) mass is 435 g/mol. The van der Waals surface area contributed by atoms with Crippen molar-refractivity contribution in [1.29, 1.82) is 10.5 Å². The SMILES string of the molecule is Cc1cc(/C=C/C#N)cc(C)c1N1CCC(=O)Nc2cnc(Nc3ccc(C#N)cc3)nc21. The molecule has 0 atom stereocenters. The molecule has 0 radical (unpaired) electrons. The van der Waals surface area contributed by atoms with Crippen LogP contribution in [0.3, 0.4) is 0 Å². The fourth-order valence-electron chi connectivity index (χ4n) is 3.88. The smallest absolute Gasteiger partial charge is 0.229 e. The van der Waals surface area contributed by atoms with Gasteiger partial charge in [-0.1, -0.05) is 0 Å². The number of aromatic nitrogens is 2. The Bertz CT molecular complexity index is 1310. The molecule has 1 aliphatic rings. The number of nitriles is 2. The normalized spacial score (nSPS) is 13.0. The maximum absolute atomic E-state index is 12.3. The molecule has 33 heavy (non-hydrogen) atoms. The number of allylic oxidation sites excluding steroid dienone is 1. The van der Waals surface area contributed by atoms with E-state index in [9.17, 15) is 4.79 Å². The van der Waals surface area contributed by atoms with Crippen molar-refractivity contribution in [3.8, 4) is 12.1 Å². The lowest BCUT2D eigenvalue weighted by Crippen LogP contribution is -2.22. The highest BCUT2D eigenvalue weighted by atomic mass is 16.1. The molecule has 1 aliphatic heterocycles. The van der Waals surface area contributed by atoms with Crippen LogP contribution < -0.4 is 15.5 Å². The number of rotatable bonds is 4. The molecular formula is C25H21N7O. The predicted molar refractivity (Wildman–Crippen MR) is 127 cm³/mol. The van der Waals surface area contributed by atoms with Gasteiger partial charge in [0.05, 0.1) is 23.9 Å². The molecule has 162 valence electrons. The zero-order valence-corrected chi connectivity index (χ0v) is 18.3. The summed E-state index contributed by atoms with van der Waals surface area (Å²) in [5.74, 6) is 0.876. The molecule has 8 nitrogen and oxygen atoms in total. The van der Waals surface area contributed by atoms with E-state index < -0.39 is 0 Å². The Balaban J connectivity index is 1.75. The van der Waals surface area contributed by atoms with Crippen molar-refractivity contribution in [1.82, 2.24) is 9.97 Å². The average molecular weight is 435 g/mol. The molecule has 0 saturated carbocycles. The summed E-state index contributed by atoms with van der Waals surface area (Å²) in [6, 6.07) is 15.1. The van der Waals surface area contributed by atoms with E-state index in [1.165, 1.54) is 6.08 Å². The van der Waals surface area contributed by atoms with Gasteiger partial charge < -0.3 is 15.5 Å². The molecule has 2 aromatic carbocycles. The lowest BCUT2D eigenvalue weighted by Gasteiger charge is -2.27. The average Bonchev–Trinajstić information content (AvgIpc) is 2.96. The highest BCUT2D eigenvalue weighted by Gasteiger charge is 2.25. The number of benzene rings is 2. The first-order valence-corrected chi connectivity index (χ1v) is 10.4. The third kappa shape index (κ3) is 4.65. The van der Waals surface area contributed by atoms with Crippen molar-refractivity contribution in [3.63, 3.8) is 0 Å². The molecule has 4 rings (SSSR count). The topological polar surface area (TPSA) is 118 Å². The van der Waals surface area contributed by atoms with Gasteiger partial charge >= 0.3 is 0 Å². The van der Waals surface area contributed by atoms with Crippen LogP contribution in [0.1, 0.15) is 28.7 Å². The van der Waals surface area contributed by atoms with E-state index in [-0.39, 0.29) is 5.91 Å². The molecule has 0 fully saturated rings. The zero-order valence-electron chi connectivity index (χ0n) is 18.3. The van der Waals surface area contributed by atoms with Gasteiger partial charge in [-0.05, 0) is 73.0 Å². The summed E-state index contributed by atoms with van der Waals surface area (Å²) < 4.78 is 0. The van der Waals surface area contributed by atoms with E-state index in [2.05, 4.69) is 21.7 Å². The van der Waals surface area contributed by atoms with Crippen LogP contribution in [0.5, 0.6) is 0 Å². The maximum Gasteiger partial charge on any atom is 0.229 e. The number of nitrogens with one attached hydrogen (secondary N) is 2. The molecule has 0 aliphatic carbocycles. The van der Waals surface area contributed by atoms with Crippen molar-refractivity contribution in [2.24, 2.45) is 0 Å². The van der Waals surface area contributed by atoms with E-state index >= 15 is 0 Å². The lowest BCUT2D eigenvalue weighted by atomic mass is 10.0. The van der Waals surface area contributed by atoms with Crippen LogP contribution in [0, 0.1) is 36.5 Å². The van der Waals surface area contributed by atoms with Crippen LogP contribution in [0.25, 0.3) is 6.08 Å². The third-order valence-electron chi connectivity index (χ3n) is 5.26. The number of fused-ring (bicyclic) bond motifs is 1. The molecule has 2 N–H and O–H groups in total. The van der Waals surface area contributed by atoms with Crippen LogP contribution in [0.4, 0.5) is 28.8 Å². The summed E-state index contributed by atoms with van der Waals surface area (Å²) in [7, 11) is 0. The molecule has 0 saturated heterocycles. The highest BCUT2D eigenvalue weighted by molar-refractivity contribution is 5.97. The first-order valence-electron chi connectivity index (χ1n) is 10.4. The van der Waals surface area contributed by atoms with Crippen LogP contribution >= 0.6 is 0 Å². The Hall–Kier alpha value is -4.69. The van der Waals surface area contributed by atoms with Gasteiger partial charge in [0.15, 0.2) is 5.82 Å². The third-order valence-corrected chi connectivity index (χ3v) is 5.26. The second kappa shape index (κ2) is 9.21. The molecule has 1 amide bonds. The summed E-state index contributed by atoms with van der Waals surface area (Å²) >= 11 is 0. The summed E-state index contributed by atoms with van der Waals surface area (Å²) in [6.45, 7) is 4.47. The Morgan fingerprint density at radius 1 is 1.15 bits per heavy atom. The fraction of sp³-hybridized carbons (Fsp3) is 0.160. The highest BCUT2D eigenvalue weighted by Crippen LogP contribution is 2.37. The summed E-state index contributed by atoms with van der Waals surface area (Å²) in [5.41, 5.74) is 5.77. The van der Waals surface area contributed by atoms with Crippen molar-refractivity contribution in [3.05, 3.63) is 70.9 Å². The van der Waals surface area contributed by atoms with E-state index in [4.69, 9.17) is 15.5 Å². The van der Waals surface area contributed by atoms with Gasteiger partial charge in [0.25, 0.3) is 0 Å². The Kier molecular flexibility index (Phi) is 6.01. The number of aryl methyl sites for hydroxylation is 2. The van der Waals surface area contributed by atoms with Gasteiger partial charge in [-0.25, -0.2) is 4.98 Å². The molecule has 3 aromatic rings. The fourth-order valence-corrected chi connectivity index (χ4v) is 3.88. The molecule has 0 bridgehead atoms. The van der Waals surface area contributed by atoms with E-state index in [1.807, 2.05) is 36.9 Å². The molecule has 1 aromatic heterocycles. The van der Waals surface area contributed by atoms with E-state index in [1.54, 1.807) is 36.5 Å². The Morgan fingerprint density at radius 2 is 1.88 bits per heavy atom. The van der Waals surface area contributed by atoms with Gasteiger partial charge in [-0.2, -0.15) is 15.5 Å². The van der Waals surface area contributed by atoms with Gasteiger partial charge in [-0.3, -0.25) is 4.79 Å².